The van der Waals surface area contributed by atoms with Crippen molar-refractivity contribution in [2.75, 3.05) is 0 Å². The molecule has 21 heavy (non-hydrogen) atoms. The zero-order chi connectivity index (χ0) is 14.8. The Morgan fingerprint density at radius 3 is 2.81 bits per heavy atom. The Hall–Kier alpha value is -0.630. The summed E-state index contributed by atoms with van der Waals surface area (Å²) < 4.78 is 0. The van der Waals surface area contributed by atoms with E-state index in [1.54, 1.807) is 0 Å². The fraction of sp³-hybridized carbons (Fsp3) is 0.842. The van der Waals surface area contributed by atoms with E-state index in [1.807, 2.05) is 0 Å². The van der Waals surface area contributed by atoms with E-state index in [2.05, 4.69) is 13.8 Å². The van der Waals surface area contributed by atoms with Crippen LogP contribution in [0.2, 0.25) is 0 Å². The largest absolute Gasteiger partial charge is 0.393 e. The van der Waals surface area contributed by atoms with Crippen LogP contribution in [0.15, 0.2) is 11.1 Å². The van der Waals surface area contributed by atoms with Crippen molar-refractivity contribution >= 4 is 5.78 Å². The van der Waals surface area contributed by atoms with E-state index in [-0.39, 0.29) is 6.10 Å². The van der Waals surface area contributed by atoms with E-state index >= 15 is 0 Å². The zero-order valence-electron chi connectivity index (χ0n) is 13.4. The van der Waals surface area contributed by atoms with E-state index in [0.29, 0.717) is 23.0 Å². The first-order valence-corrected chi connectivity index (χ1v) is 8.91. The van der Waals surface area contributed by atoms with Crippen LogP contribution in [0.25, 0.3) is 0 Å². The second kappa shape index (κ2) is 4.68. The highest BCUT2D eigenvalue weighted by molar-refractivity contribution is 5.96. The molecule has 0 bridgehead atoms. The first kappa shape index (κ1) is 14.0. The molecule has 0 radical (unpaired) electrons. The molecular weight excluding hydrogens is 260 g/mol. The summed E-state index contributed by atoms with van der Waals surface area (Å²) >= 11 is 0. The van der Waals surface area contributed by atoms with Gasteiger partial charge in [0.2, 0.25) is 0 Å². The summed E-state index contributed by atoms with van der Waals surface area (Å²) in [4.78, 5) is 12.1. The molecule has 6 atom stereocenters. The molecule has 0 saturated heterocycles. The van der Waals surface area contributed by atoms with E-state index in [1.165, 1.54) is 31.3 Å². The van der Waals surface area contributed by atoms with Gasteiger partial charge in [-0.05, 0) is 86.5 Å². The molecule has 116 valence electrons. The number of ketones is 1. The van der Waals surface area contributed by atoms with Gasteiger partial charge >= 0.3 is 0 Å². The topological polar surface area (TPSA) is 37.3 Å². The number of Topliss-reactive ketones (excluding diaryl/α,β-unsaturated/α-hetero) is 1. The molecule has 0 amide bonds. The first-order chi connectivity index (χ1) is 10.0. The van der Waals surface area contributed by atoms with Gasteiger partial charge in [0.25, 0.3) is 0 Å². The molecule has 2 nitrogen and oxygen atoms in total. The summed E-state index contributed by atoms with van der Waals surface area (Å²) in [5, 5.41) is 10.0. The van der Waals surface area contributed by atoms with Crippen molar-refractivity contribution in [1.82, 2.24) is 0 Å². The molecule has 3 saturated carbocycles. The van der Waals surface area contributed by atoms with Crippen LogP contribution in [-0.2, 0) is 4.79 Å². The predicted molar refractivity (Wildman–Crippen MR) is 82.7 cm³/mol. The lowest BCUT2D eigenvalue weighted by molar-refractivity contribution is -0.116. The normalized spacial score (nSPS) is 49.7. The highest BCUT2D eigenvalue weighted by Crippen LogP contribution is 2.64. The third-order valence-corrected chi connectivity index (χ3v) is 7.70. The molecule has 0 aromatic heterocycles. The number of rotatable bonds is 0. The maximum atomic E-state index is 12.1. The summed E-state index contributed by atoms with van der Waals surface area (Å²) in [6, 6.07) is 0. The summed E-state index contributed by atoms with van der Waals surface area (Å²) in [5.74, 6) is 3.40. The zero-order valence-corrected chi connectivity index (χ0v) is 13.4. The Labute approximate surface area is 128 Å². The number of allylic oxidation sites excluding steroid dienone is 2. The molecule has 1 N–H and O–H groups in total. The molecule has 3 fully saturated rings. The molecule has 0 aromatic carbocycles. The Morgan fingerprint density at radius 1 is 1.19 bits per heavy atom. The number of hydrogen-bond donors (Lipinski definition) is 1. The van der Waals surface area contributed by atoms with Gasteiger partial charge in [-0.1, -0.05) is 12.5 Å². The van der Waals surface area contributed by atoms with Crippen molar-refractivity contribution in [3.63, 3.8) is 0 Å². The Bertz CT molecular complexity index is 506. The van der Waals surface area contributed by atoms with Crippen LogP contribution < -0.4 is 0 Å². The van der Waals surface area contributed by atoms with Crippen LogP contribution in [0.4, 0.5) is 0 Å². The highest BCUT2D eigenvalue weighted by atomic mass is 16.3. The Kier molecular flexibility index (Phi) is 3.12. The van der Waals surface area contributed by atoms with Crippen LogP contribution in [0.5, 0.6) is 0 Å². The van der Waals surface area contributed by atoms with Gasteiger partial charge in [-0.2, -0.15) is 0 Å². The first-order valence-electron chi connectivity index (χ1n) is 8.91. The standard InChI is InChI=1S/C19H28O2/c1-11-16-10-17-15(14(16)5-6-18(11)21)4-3-12-9-13(20)7-8-19(12,17)2/h12-15,17,20H,3-10H2,1-2H3/t12-,13+,14-,15-,17-,19-/m0/s1. The molecular formula is C19H28O2. The van der Waals surface area contributed by atoms with Crippen molar-refractivity contribution in [3.8, 4) is 0 Å². The Balaban J connectivity index is 1.69. The molecule has 4 rings (SSSR count). The van der Waals surface area contributed by atoms with E-state index in [4.69, 9.17) is 0 Å². The second-order valence-corrected chi connectivity index (χ2v) is 8.40. The summed E-state index contributed by atoms with van der Waals surface area (Å²) in [5.41, 5.74) is 3.04. The third-order valence-electron chi connectivity index (χ3n) is 7.70. The van der Waals surface area contributed by atoms with Gasteiger partial charge in [0.15, 0.2) is 5.78 Å². The minimum atomic E-state index is -0.0640. The molecule has 4 aliphatic carbocycles. The van der Waals surface area contributed by atoms with Crippen LogP contribution in [-0.4, -0.2) is 17.0 Å². The van der Waals surface area contributed by atoms with Gasteiger partial charge in [0.1, 0.15) is 0 Å². The van der Waals surface area contributed by atoms with Gasteiger partial charge in [0, 0.05) is 6.42 Å². The summed E-state index contributed by atoms with van der Waals surface area (Å²) in [6.45, 7) is 4.57. The summed E-state index contributed by atoms with van der Waals surface area (Å²) in [6.07, 6.45) is 8.81. The van der Waals surface area contributed by atoms with Crippen molar-refractivity contribution in [1.29, 1.82) is 0 Å². The molecule has 4 aliphatic rings. The molecule has 0 aromatic rings. The van der Waals surface area contributed by atoms with Crippen LogP contribution >= 0.6 is 0 Å². The van der Waals surface area contributed by atoms with Gasteiger partial charge in [-0.25, -0.2) is 0 Å². The van der Waals surface area contributed by atoms with Crippen LogP contribution in [0, 0.1) is 29.1 Å². The lowest BCUT2D eigenvalue weighted by Gasteiger charge is -2.53. The van der Waals surface area contributed by atoms with Gasteiger partial charge < -0.3 is 5.11 Å². The molecule has 2 heteroatoms. The van der Waals surface area contributed by atoms with Crippen molar-refractivity contribution < 1.29 is 9.90 Å². The number of carbonyl (C=O) groups is 1. The number of aliphatic hydroxyl groups is 1. The minimum absolute atomic E-state index is 0.0640. The third kappa shape index (κ3) is 1.91. The van der Waals surface area contributed by atoms with Gasteiger partial charge in [-0.3, -0.25) is 4.79 Å². The number of hydrogen-bond acceptors (Lipinski definition) is 2. The average molecular weight is 288 g/mol. The number of carbonyl (C=O) groups excluding carboxylic acids is 1. The quantitative estimate of drug-likeness (QED) is 0.734. The fourth-order valence-corrected chi connectivity index (χ4v) is 6.40. The SMILES string of the molecule is CC1=C2C[C@H]3[C@@H](CC[C@H]4C[C@H](O)CC[C@@]43C)[C@@H]2CCC1=O. The molecule has 0 spiro atoms. The van der Waals surface area contributed by atoms with Crippen LogP contribution in [0.1, 0.15) is 65.2 Å². The maximum Gasteiger partial charge on any atom is 0.158 e. The lowest BCUT2D eigenvalue weighted by Crippen LogP contribution is -2.47. The summed E-state index contributed by atoms with van der Waals surface area (Å²) in [7, 11) is 0. The average Bonchev–Trinajstić information content (AvgIpc) is 2.84. The molecule has 0 unspecified atom stereocenters. The van der Waals surface area contributed by atoms with E-state index in [0.717, 1.165) is 43.1 Å². The number of fused-ring (bicyclic) bond motifs is 5. The smallest absolute Gasteiger partial charge is 0.158 e. The van der Waals surface area contributed by atoms with E-state index in [9.17, 15) is 9.90 Å². The van der Waals surface area contributed by atoms with Crippen molar-refractivity contribution in [2.45, 2.75) is 71.3 Å². The Morgan fingerprint density at radius 2 is 2.00 bits per heavy atom. The molecule has 0 heterocycles. The molecule has 0 aliphatic heterocycles. The lowest BCUT2D eigenvalue weighted by atomic mass is 9.52. The monoisotopic (exact) mass is 288 g/mol. The predicted octanol–water partition coefficient (Wildman–Crippen LogP) is 3.88. The maximum absolute atomic E-state index is 12.1. The highest BCUT2D eigenvalue weighted by Gasteiger charge is 2.56. The minimum Gasteiger partial charge on any atom is -0.393 e. The van der Waals surface area contributed by atoms with Crippen molar-refractivity contribution in [3.05, 3.63) is 11.1 Å². The van der Waals surface area contributed by atoms with Crippen molar-refractivity contribution in [2.24, 2.45) is 29.1 Å². The van der Waals surface area contributed by atoms with Crippen LogP contribution in [0.3, 0.4) is 0 Å². The van der Waals surface area contributed by atoms with E-state index < -0.39 is 0 Å². The van der Waals surface area contributed by atoms with Gasteiger partial charge in [0.05, 0.1) is 6.10 Å². The van der Waals surface area contributed by atoms with Gasteiger partial charge in [-0.15, -0.1) is 0 Å². The fourth-order valence-electron chi connectivity index (χ4n) is 6.40. The second-order valence-electron chi connectivity index (χ2n) is 8.40. The number of aliphatic hydroxyl groups excluding tert-OH is 1.